The summed E-state index contributed by atoms with van der Waals surface area (Å²) in [6.07, 6.45) is 11.6. The maximum absolute atomic E-state index is 12.5. The first kappa shape index (κ1) is 16.1. The van der Waals surface area contributed by atoms with E-state index in [1.807, 2.05) is 0 Å². The van der Waals surface area contributed by atoms with Gasteiger partial charge in [0.25, 0.3) is 0 Å². The molecule has 0 spiro atoms. The Morgan fingerprint density at radius 2 is 1.74 bits per heavy atom. The van der Waals surface area contributed by atoms with Crippen LogP contribution in [-0.4, -0.2) is 30.8 Å². The van der Waals surface area contributed by atoms with E-state index in [-0.39, 0.29) is 5.41 Å². The molecule has 0 aromatic carbocycles. The molecule has 2 unspecified atom stereocenters. The van der Waals surface area contributed by atoms with Gasteiger partial charge in [-0.1, -0.05) is 13.8 Å². The third-order valence-corrected chi connectivity index (χ3v) is 9.08. The summed E-state index contributed by atoms with van der Waals surface area (Å²) in [5, 5.41) is 0. The molecule has 0 N–H and O–H groups in total. The standard InChI is InChI=1S/C21H35NO/c1-20-11-9-15(22(3)4)13-14(20)5-6-16-17-7-8-19(23)21(17,2)12-10-18(16)20/h14-18H,5-13H2,1-4H3/t14?,15-,16-,17-,18?,20-,21-/m0/s1. The minimum atomic E-state index is 0.0468. The number of hydrogen-bond acceptors (Lipinski definition) is 2. The normalized spacial score (nSPS) is 52.9. The quantitative estimate of drug-likeness (QED) is 0.708. The molecular formula is C21H35NO. The largest absolute Gasteiger partial charge is 0.306 e. The lowest BCUT2D eigenvalue weighted by Gasteiger charge is -2.60. The van der Waals surface area contributed by atoms with Gasteiger partial charge >= 0.3 is 0 Å². The Balaban J connectivity index is 1.58. The van der Waals surface area contributed by atoms with Crippen LogP contribution < -0.4 is 0 Å². The van der Waals surface area contributed by atoms with Crippen molar-refractivity contribution >= 4 is 5.78 Å². The predicted octanol–water partition coefficient (Wildman–Crippen LogP) is 4.53. The lowest BCUT2D eigenvalue weighted by atomic mass is 9.45. The summed E-state index contributed by atoms with van der Waals surface area (Å²) in [4.78, 5) is 14.9. The number of Topliss-reactive ketones (excluding diaryl/α,β-unsaturated/α-hetero) is 1. The molecule has 0 bridgehead atoms. The van der Waals surface area contributed by atoms with Crippen LogP contribution in [0.1, 0.15) is 71.6 Å². The highest BCUT2D eigenvalue weighted by atomic mass is 16.1. The van der Waals surface area contributed by atoms with Gasteiger partial charge < -0.3 is 4.90 Å². The summed E-state index contributed by atoms with van der Waals surface area (Å²) >= 11 is 0. The van der Waals surface area contributed by atoms with Crippen molar-refractivity contribution in [3.05, 3.63) is 0 Å². The molecule has 2 heteroatoms. The molecule has 0 radical (unpaired) electrons. The van der Waals surface area contributed by atoms with Crippen LogP contribution >= 0.6 is 0 Å². The molecule has 0 saturated heterocycles. The van der Waals surface area contributed by atoms with Gasteiger partial charge in [-0.05, 0) is 94.5 Å². The number of fused-ring (bicyclic) bond motifs is 5. The van der Waals surface area contributed by atoms with E-state index in [0.717, 1.165) is 30.2 Å². The van der Waals surface area contributed by atoms with Crippen molar-refractivity contribution in [1.82, 2.24) is 4.90 Å². The van der Waals surface area contributed by atoms with Gasteiger partial charge in [0, 0.05) is 17.9 Å². The third-order valence-electron chi connectivity index (χ3n) is 9.08. The van der Waals surface area contributed by atoms with Crippen molar-refractivity contribution in [1.29, 1.82) is 0 Å². The van der Waals surface area contributed by atoms with Crippen molar-refractivity contribution in [3.63, 3.8) is 0 Å². The van der Waals surface area contributed by atoms with Gasteiger partial charge in [-0.2, -0.15) is 0 Å². The van der Waals surface area contributed by atoms with Gasteiger partial charge in [-0.3, -0.25) is 4.79 Å². The Bertz CT molecular complexity index is 500. The van der Waals surface area contributed by atoms with Gasteiger partial charge in [0.2, 0.25) is 0 Å². The van der Waals surface area contributed by atoms with Crippen LogP contribution in [0.15, 0.2) is 0 Å². The van der Waals surface area contributed by atoms with E-state index in [1.165, 1.54) is 51.4 Å². The van der Waals surface area contributed by atoms with Crippen LogP contribution in [0, 0.1) is 34.5 Å². The Labute approximate surface area is 142 Å². The highest BCUT2D eigenvalue weighted by Crippen LogP contribution is 2.65. The first-order valence-corrected chi connectivity index (χ1v) is 10.1. The lowest BCUT2D eigenvalue weighted by molar-refractivity contribution is -0.140. The lowest BCUT2D eigenvalue weighted by Crippen LogP contribution is -2.55. The zero-order chi connectivity index (χ0) is 16.4. The fourth-order valence-electron chi connectivity index (χ4n) is 7.48. The molecule has 2 nitrogen and oxygen atoms in total. The van der Waals surface area contributed by atoms with Gasteiger partial charge in [0.15, 0.2) is 0 Å². The first-order chi connectivity index (χ1) is 10.9. The number of rotatable bonds is 1. The highest BCUT2D eigenvalue weighted by molar-refractivity contribution is 5.87. The zero-order valence-corrected chi connectivity index (χ0v) is 15.6. The Hall–Kier alpha value is -0.370. The molecule has 4 aliphatic rings. The van der Waals surface area contributed by atoms with Gasteiger partial charge in [-0.25, -0.2) is 0 Å². The van der Waals surface area contributed by atoms with E-state index in [2.05, 4.69) is 32.8 Å². The fourth-order valence-corrected chi connectivity index (χ4v) is 7.48. The number of carbonyl (C=O) groups excluding carboxylic acids is 1. The Morgan fingerprint density at radius 3 is 2.48 bits per heavy atom. The van der Waals surface area contributed by atoms with Crippen molar-refractivity contribution in [2.24, 2.45) is 34.5 Å². The average Bonchev–Trinajstić information content (AvgIpc) is 2.82. The maximum Gasteiger partial charge on any atom is 0.139 e. The molecular weight excluding hydrogens is 282 g/mol. The maximum atomic E-state index is 12.5. The van der Waals surface area contributed by atoms with Crippen molar-refractivity contribution in [2.45, 2.75) is 77.7 Å². The molecule has 4 rings (SSSR count). The smallest absolute Gasteiger partial charge is 0.139 e. The molecule has 0 heterocycles. The zero-order valence-electron chi connectivity index (χ0n) is 15.6. The van der Waals surface area contributed by atoms with Crippen molar-refractivity contribution < 1.29 is 4.79 Å². The van der Waals surface area contributed by atoms with E-state index in [1.54, 1.807) is 0 Å². The summed E-state index contributed by atoms with van der Waals surface area (Å²) in [5.74, 6) is 3.96. The van der Waals surface area contributed by atoms with Crippen LogP contribution in [0.2, 0.25) is 0 Å². The van der Waals surface area contributed by atoms with Crippen LogP contribution in [0.3, 0.4) is 0 Å². The van der Waals surface area contributed by atoms with Crippen LogP contribution in [0.5, 0.6) is 0 Å². The SMILES string of the molecule is CN(C)[C@H]1CC[C@@]2(C)C(CC[C@@H]3C2CC[C@]2(C)C(=O)CC[C@@H]32)C1. The second-order valence-electron chi connectivity index (χ2n) is 9.97. The van der Waals surface area contributed by atoms with E-state index < -0.39 is 0 Å². The molecule has 0 aliphatic heterocycles. The number of nitrogens with zero attached hydrogens (tertiary/aromatic N) is 1. The summed E-state index contributed by atoms with van der Waals surface area (Å²) in [7, 11) is 4.52. The molecule has 4 fully saturated rings. The molecule has 4 saturated carbocycles. The Morgan fingerprint density at radius 1 is 0.957 bits per heavy atom. The van der Waals surface area contributed by atoms with Crippen LogP contribution in [-0.2, 0) is 4.79 Å². The first-order valence-electron chi connectivity index (χ1n) is 10.1. The minimum Gasteiger partial charge on any atom is -0.306 e. The second kappa shape index (κ2) is 5.31. The van der Waals surface area contributed by atoms with E-state index in [9.17, 15) is 4.79 Å². The molecule has 7 atom stereocenters. The monoisotopic (exact) mass is 317 g/mol. The molecule has 0 aromatic heterocycles. The number of carbonyl (C=O) groups is 1. The molecule has 4 aliphatic carbocycles. The van der Waals surface area contributed by atoms with E-state index >= 15 is 0 Å². The van der Waals surface area contributed by atoms with Gasteiger partial charge in [0.1, 0.15) is 5.78 Å². The molecule has 23 heavy (non-hydrogen) atoms. The molecule has 130 valence electrons. The topological polar surface area (TPSA) is 20.3 Å². The van der Waals surface area contributed by atoms with E-state index in [0.29, 0.717) is 17.1 Å². The van der Waals surface area contributed by atoms with Crippen molar-refractivity contribution in [2.75, 3.05) is 14.1 Å². The number of hydrogen-bond donors (Lipinski definition) is 0. The minimum absolute atomic E-state index is 0.0468. The van der Waals surface area contributed by atoms with Crippen molar-refractivity contribution in [3.8, 4) is 0 Å². The second-order valence-corrected chi connectivity index (χ2v) is 9.97. The van der Waals surface area contributed by atoms with E-state index in [4.69, 9.17) is 0 Å². The highest BCUT2D eigenvalue weighted by Gasteiger charge is 2.60. The fraction of sp³-hybridized carbons (Fsp3) is 0.952. The molecule has 0 amide bonds. The summed E-state index contributed by atoms with van der Waals surface area (Å²) in [5.41, 5.74) is 0.605. The van der Waals surface area contributed by atoms with Crippen LogP contribution in [0.25, 0.3) is 0 Å². The third kappa shape index (κ3) is 2.19. The predicted molar refractivity (Wildman–Crippen MR) is 94.2 cm³/mol. The van der Waals surface area contributed by atoms with Gasteiger partial charge in [-0.15, -0.1) is 0 Å². The average molecular weight is 318 g/mol. The molecule has 0 aromatic rings. The van der Waals surface area contributed by atoms with Gasteiger partial charge in [0.05, 0.1) is 0 Å². The summed E-state index contributed by atoms with van der Waals surface area (Å²) < 4.78 is 0. The van der Waals surface area contributed by atoms with Crippen LogP contribution in [0.4, 0.5) is 0 Å². The summed E-state index contributed by atoms with van der Waals surface area (Å²) in [6.45, 7) is 4.93. The Kier molecular flexibility index (Phi) is 3.72. The summed E-state index contributed by atoms with van der Waals surface area (Å²) in [6, 6.07) is 0.798. The number of ketones is 1.